The molecule has 21 heavy (non-hydrogen) atoms. The molecule has 0 fully saturated rings. The molecule has 5 heteroatoms. The Bertz CT molecular complexity index is 592. The van der Waals surface area contributed by atoms with Gasteiger partial charge < -0.3 is 14.8 Å². The van der Waals surface area contributed by atoms with Gasteiger partial charge in [-0.05, 0) is 59.8 Å². The van der Waals surface area contributed by atoms with Gasteiger partial charge >= 0.3 is 0 Å². The molecule has 0 spiro atoms. The summed E-state index contributed by atoms with van der Waals surface area (Å²) in [4.78, 5) is 0. The average molecular weight is 418 g/mol. The van der Waals surface area contributed by atoms with Crippen LogP contribution in [0.15, 0.2) is 42.5 Å². The Kier molecular flexibility index (Phi) is 6.45. The number of para-hydroxylation sites is 2. The second-order valence-electron chi connectivity index (χ2n) is 4.28. The van der Waals surface area contributed by atoms with Crippen LogP contribution in [-0.2, 0) is 0 Å². The zero-order valence-electron chi connectivity index (χ0n) is 11.7. The van der Waals surface area contributed by atoms with E-state index < -0.39 is 0 Å². The van der Waals surface area contributed by atoms with Crippen molar-refractivity contribution in [3.05, 3.63) is 51.1 Å². The van der Waals surface area contributed by atoms with E-state index in [0.29, 0.717) is 19.8 Å². The lowest BCUT2D eigenvalue weighted by Gasteiger charge is -2.13. The molecular weight excluding hydrogens is 401 g/mol. The van der Waals surface area contributed by atoms with Crippen LogP contribution in [0, 0.1) is 3.57 Å². The fourth-order valence-electron chi connectivity index (χ4n) is 1.82. The standard InChI is InChI=1S/C16H17ClINO2/c1-2-20-15-5-3-4-6-16(15)21-10-9-19-14-8-7-12(18)11-13(14)17/h3-8,11,19H,2,9-10H2,1H3. The highest BCUT2D eigenvalue weighted by Crippen LogP contribution is 2.26. The van der Waals surface area contributed by atoms with E-state index in [-0.39, 0.29) is 0 Å². The molecule has 0 bridgehead atoms. The Balaban J connectivity index is 1.84. The van der Waals surface area contributed by atoms with Crippen LogP contribution in [0.1, 0.15) is 6.92 Å². The van der Waals surface area contributed by atoms with Crippen molar-refractivity contribution in [1.82, 2.24) is 0 Å². The molecule has 2 aromatic carbocycles. The lowest BCUT2D eigenvalue weighted by atomic mass is 10.3. The van der Waals surface area contributed by atoms with Gasteiger partial charge in [-0.3, -0.25) is 0 Å². The molecule has 0 aliphatic carbocycles. The van der Waals surface area contributed by atoms with Crippen molar-refractivity contribution in [1.29, 1.82) is 0 Å². The Labute approximate surface area is 143 Å². The van der Waals surface area contributed by atoms with Crippen LogP contribution in [-0.4, -0.2) is 19.8 Å². The topological polar surface area (TPSA) is 30.5 Å². The summed E-state index contributed by atoms with van der Waals surface area (Å²) in [5.74, 6) is 1.53. The van der Waals surface area contributed by atoms with Gasteiger partial charge in [0.25, 0.3) is 0 Å². The van der Waals surface area contributed by atoms with E-state index in [4.69, 9.17) is 21.1 Å². The Morgan fingerprint density at radius 3 is 2.48 bits per heavy atom. The molecule has 0 aliphatic heterocycles. The van der Waals surface area contributed by atoms with Gasteiger partial charge in [0, 0.05) is 10.1 Å². The van der Waals surface area contributed by atoms with Crippen molar-refractivity contribution >= 4 is 39.9 Å². The Morgan fingerprint density at radius 2 is 1.81 bits per heavy atom. The van der Waals surface area contributed by atoms with Crippen molar-refractivity contribution in [2.24, 2.45) is 0 Å². The van der Waals surface area contributed by atoms with Crippen LogP contribution in [0.25, 0.3) is 0 Å². The molecule has 0 radical (unpaired) electrons. The molecule has 3 nitrogen and oxygen atoms in total. The van der Waals surface area contributed by atoms with Crippen molar-refractivity contribution in [3.63, 3.8) is 0 Å². The third-order valence-corrected chi connectivity index (χ3v) is 3.74. The number of anilines is 1. The summed E-state index contributed by atoms with van der Waals surface area (Å²) in [6.45, 7) is 3.78. The third kappa shape index (κ3) is 4.97. The highest BCUT2D eigenvalue weighted by Gasteiger charge is 2.04. The van der Waals surface area contributed by atoms with Gasteiger partial charge in [-0.15, -0.1) is 0 Å². The van der Waals surface area contributed by atoms with E-state index in [1.807, 2.05) is 49.4 Å². The Hall–Kier alpha value is -1.14. The summed E-state index contributed by atoms with van der Waals surface area (Å²) in [7, 11) is 0. The van der Waals surface area contributed by atoms with E-state index in [2.05, 4.69) is 27.9 Å². The number of halogens is 2. The first-order valence-corrected chi connectivity index (χ1v) is 8.20. The van der Waals surface area contributed by atoms with Crippen LogP contribution in [0.5, 0.6) is 11.5 Å². The van der Waals surface area contributed by atoms with Gasteiger partial charge in [0.1, 0.15) is 6.61 Å². The van der Waals surface area contributed by atoms with Crippen molar-refractivity contribution < 1.29 is 9.47 Å². The molecule has 0 amide bonds. The lowest BCUT2D eigenvalue weighted by molar-refractivity contribution is 0.284. The van der Waals surface area contributed by atoms with Gasteiger partial charge in [-0.2, -0.15) is 0 Å². The number of nitrogens with one attached hydrogen (secondary N) is 1. The van der Waals surface area contributed by atoms with Crippen LogP contribution in [0.2, 0.25) is 5.02 Å². The minimum atomic E-state index is 0.534. The van der Waals surface area contributed by atoms with Crippen molar-refractivity contribution in [3.8, 4) is 11.5 Å². The van der Waals surface area contributed by atoms with Crippen LogP contribution < -0.4 is 14.8 Å². The highest BCUT2D eigenvalue weighted by atomic mass is 127. The molecule has 2 aromatic rings. The molecule has 0 unspecified atom stereocenters. The monoisotopic (exact) mass is 417 g/mol. The molecule has 0 atom stereocenters. The number of hydrogen-bond donors (Lipinski definition) is 1. The third-order valence-electron chi connectivity index (χ3n) is 2.76. The highest BCUT2D eigenvalue weighted by molar-refractivity contribution is 14.1. The van der Waals surface area contributed by atoms with E-state index >= 15 is 0 Å². The summed E-state index contributed by atoms with van der Waals surface area (Å²) >= 11 is 8.40. The second-order valence-corrected chi connectivity index (χ2v) is 5.93. The first kappa shape index (κ1) is 16.2. The SMILES string of the molecule is CCOc1ccccc1OCCNc1ccc(I)cc1Cl. The first-order chi connectivity index (χ1) is 10.2. The molecule has 0 aliphatic rings. The molecule has 0 saturated carbocycles. The van der Waals surface area contributed by atoms with Gasteiger partial charge in [-0.25, -0.2) is 0 Å². The molecule has 0 saturated heterocycles. The molecule has 112 valence electrons. The van der Waals surface area contributed by atoms with Crippen LogP contribution >= 0.6 is 34.2 Å². The number of hydrogen-bond acceptors (Lipinski definition) is 3. The van der Waals surface area contributed by atoms with Crippen molar-refractivity contribution in [2.45, 2.75) is 6.92 Å². The van der Waals surface area contributed by atoms with E-state index in [1.54, 1.807) is 0 Å². The first-order valence-electron chi connectivity index (χ1n) is 6.74. The average Bonchev–Trinajstić information content (AvgIpc) is 2.47. The molecule has 2 rings (SSSR count). The van der Waals surface area contributed by atoms with Gasteiger partial charge in [0.15, 0.2) is 11.5 Å². The van der Waals surface area contributed by atoms with Crippen LogP contribution in [0.3, 0.4) is 0 Å². The minimum Gasteiger partial charge on any atom is -0.490 e. The second kappa shape index (κ2) is 8.34. The largest absolute Gasteiger partial charge is 0.490 e. The van der Waals surface area contributed by atoms with Crippen LogP contribution in [0.4, 0.5) is 5.69 Å². The molecule has 0 heterocycles. The molecular formula is C16H17ClINO2. The van der Waals surface area contributed by atoms with E-state index in [1.165, 1.54) is 0 Å². The summed E-state index contributed by atoms with van der Waals surface area (Å²) in [5, 5.41) is 3.98. The smallest absolute Gasteiger partial charge is 0.161 e. The lowest BCUT2D eigenvalue weighted by Crippen LogP contribution is -2.12. The summed E-state index contributed by atoms with van der Waals surface area (Å²) in [6, 6.07) is 13.6. The predicted octanol–water partition coefficient (Wildman–Crippen LogP) is 4.83. The number of benzene rings is 2. The van der Waals surface area contributed by atoms with Gasteiger partial charge in [-0.1, -0.05) is 23.7 Å². The Morgan fingerprint density at radius 1 is 1.10 bits per heavy atom. The zero-order chi connectivity index (χ0) is 15.1. The quantitative estimate of drug-likeness (QED) is 0.517. The summed E-state index contributed by atoms with van der Waals surface area (Å²) in [6.07, 6.45) is 0. The number of ether oxygens (including phenoxy) is 2. The van der Waals surface area contributed by atoms with E-state index in [9.17, 15) is 0 Å². The maximum atomic E-state index is 6.16. The maximum absolute atomic E-state index is 6.16. The number of rotatable bonds is 7. The predicted molar refractivity (Wildman–Crippen MR) is 95.8 cm³/mol. The summed E-state index contributed by atoms with van der Waals surface area (Å²) in [5.41, 5.74) is 0.916. The maximum Gasteiger partial charge on any atom is 0.161 e. The molecule has 1 N–H and O–H groups in total. The minimum absolute atomic E-state index is 0.534. The van der Waals surface area contributed by atoms with E-state index in [0.717, 1.165) is 25.8 Å². The fraction of sp³-hybridized carbons (Fsp3) is 0.250. The fourth-order valence-corrected chi connectivity index (χ4v) is 2.75. The zero-order valence-corrected chi connectivity index (χ0v) is 14.6. The summed E-state index contributed by atoms with van der Waals surface area (Å²) < 4.78 is 12.4. The normalized spacial score (nSPS) is 10.2. The van der Waals surface area contributed by atoms with Crippen molar-refractivity contribution in [2.75, 3.05) is 25.1 Å². The van der Waals surface area contributed by atoms with Gasteiger partial charge in [0.2, 0.25) is 0 Å². The van der Waals surface area contributed by atoms with Gasteiger partial charge in [0.05, 0.1) is 17.3 Å². The molecule has 0 aromatic heterocycles.